The SMILES string of the molecule is Cl.FC(F)(F)c1ccc(C2CNCCO2)cc1. The second-order valence-corrected chi connectivity index (χ2v) is 3.68. The first-order chi connectivity index (χ1) is 7.57. The zero-order chi connectivity index (χ0) is 11.6. The van der Waals surface area contributed by atoms with Crippen LogP contribution >= 0.6 is 12.4 Å². The molecule has 1 N–H and O–H groups in total. The van der Waals surface area contributed by atoms with Gasteiger partial charge in [0, 0.05) is 13.1 Å². The van der Waals surface area contributed by atoms with E-state index >= 15 is 0 Å². The van der Waals surface area contributed by atoms with Gasteiger partial charge in [0.1, 0.15) is 0 Å². The largest absolute Gasteiger partial charge is 0.416 e. The summed E-state index contributed by atoms with van der Waals surface area (Å²) in [5.74, 6) is 0. The van der Waals surface area contributed by atoms with Crippen molar-refractivity contribution in [2.45, 2.75) is 12.3 Å². The van der Waals surface area contributed by atoms with Crippen LogP contribution in [0.2, 0.25) is 0 Å². The van der Waals surface area contributed by atoms with E-state index in [1.807, 2.05) is 0 Å². The molecule has 1 atom stereocenters. The summed E-state index contributed by atoms with van der Waals surface area (Å²) in [6.45, 7) is 2.02. The van der Waals surface area contributed by atoms with Crippen LogP contribution in [0.15, 0.2) is 24.3 Å². The van der Waals surface area contributed by atoms with Crippen LogP contribution in [0.25, 0.3) is 0 Å². The van der Waals surface area contributed by atoms with Gasteiger partial charge >= 0.3 is 6.18 Å². The van der Waals surface area contributed by atoms with E-state index < -0.39 is 11.7 Å². The van der Waals surface area contributed by atoms with E-state index in [1.165, 1.54) is 12.1 Å². The average molecular weight is 268 g/mol. The van der Waals surface area contributed by atoms with Crippen molar-refractivity contribution in [1.29, 1.82) is 0 Å². The number of hydrogen-bond donors (Lipinski definition) is 1. The fraction of sp³-hybridized carbons (Fsp3) is 0.455. The van der Waals surface area contributed by atoms with Gasteiger partial charge in [0.15, 0.2) is 0 Å². The van der Waals surface area contributed by atoms with Crippen molar-refractivity contribution in [2.24, 2.45) is 0 Å². The standard InChI is InChI=1S/C11H12F3NO.ClH/c12-11(13,14)9-3-1-8(2-4-9)10-7-15-5-6-16-10;/h1-4,10,15H,5-7H2;1H. The summed E-state index contributed by atoms with van der Waals surface area (Å²) < 4.78 is 42.4. The van der Waals surface area contributed by atoms with Crippen molar-refractivity contribution in [3.63, 3.8) is 0 Å². The Balaban J connectivity index is 0.00000144. The molecule has 1 aromatic carbocycles. The second kappa shape index (κ2) is 5.71. The van der Waals surface area contributed by atoms with Gasteiger partial charge < -0.3 is 10.1 Å². The third-order valence-electron chi connectivity index (χ3n) is 2.54. The van der Waals surface area contributed by atoms with E-state index in [4.69, 9.17) is 4.74 Å². The molecule has 0 aromatic heterocycles. The van der Waals surface area contributed by atoms with Gasteiger partial charge in [-0.3, -0.25) is 0 Å². The lowest BCUT2D eigenvalue weighted by molar-refractivity contribution is -0.137. The zero-order valence-electron chi connectivity index (χ0n) is 8.96. The molecule has 96 valence electrons. The van der Waals surface area contributed by atoms with Crippen LogP contribution in [-0.2, 0) is 10.9 Å². The van der Waals surface area contributed by atoms with E-state index in [0.29, 0.717) is 13.2 Å². The number of benzene rings is 1. The maximum atomic E-state index is 12.3. The number of alkyl halides is 3. The summed E-state index contributed by atoms with van der Waals surface area (Å²) >= 11 is 0. The number of nitrogens with one attached hydrogen (secondary N) is 1. The lowest BCUT2D eigenvalue weighted by Gasteiger charge is -2.24. The molecule has 1 unspecified atom stereocenters. The Morgan fingerprint density at radius 3 is 2.29 bits per heavy atom. The Morgan fingerprint density at radius 1 is 1.18 bits per heavy atom. The maximum Gasteiger partial charge on any atom is 0.416 e. The molecule has 1 fully saturated rings. The third kappa shape index (κ3) is 3.59. The molecule has 0 aliphatic carbocycles. The highest BCUT2D eigenvalue weighted by Crippen LogP contribution is 2.30. The molecule has 2 nitrogen and oxygen atoms in total. The van der Waals surface area contributed by atoms with Gasteiger partial charge in [0.2, 0.25) is 0 Å². The monoisotopic (exact) mass is 267 g/mol. The number of rotatable bonds is 1. The van der Waals surface area contributed by atoms with Crippen LogP contribution < -0.4 is 5.32 Å². The molecular formula is C11H13ClF3NO. The second-order valence-electron chi connectivity index (χ2n) is 3.68. The summed E-state index contributed by atoms with van der Waals surface area (Å²) in [6.07, 6.45) is -4.42. The predicted octanol–water partition coefficient (Wildman–Crippen LogP) is 2.79. The lowest BCUT2D eigenvalue weighted by Crippen LogP contribution is -2.33. The van der Waals surface area contributed by atoms with E-state index in [1.54, 1.807) is 0 Å². The number of halogens is 4. The first kappa shape index (κ1) is 14.3. The Kier molecular flexibility index (Phi) is 4.80. The number of hydrogen-bond acceptors (Lipinski definition) is 2. The highest BCUT2D eigenvalue weighted by atomic mass is 35.5. The normalized spacial score (nSPS) is 20.8. The molecule has 1 aliphatic rings. The maximum absolute atomic E-state index is 12.3. The fourth-order valence-corrected chi connectivity index (χ4v) is 1.67. The van der Waals surface area contributed by atoms with Crippen molar-refractivity contribution in [3.8, 4) is 0 Å². The molecule has 1 aliphatic heterocycles. The van der Waals surface area contributed by atoms with Crippen molar-refractivity contribution in [2.75, 3.05) is 19.7 Å². The summed E-state index contributed by atoms with van der Waals surface area (Å²) in [5, 5.41) is 3.13. The van der Waals surface area contributed by atoms with Crippen LogP contribution in [0.1, 0.15) is 17.2 Å². The lowest BCUT2D eigenvalue weighted by atomic mass is 10.1. The van der Waals surface area contributed by atoms with Gasteiger partial charge in [-0.05, 0) is 17.7 Å². The minimum absolute atomic E-state index is 0. The molecule has 1 saturated heterocycles. The van der Waals surface area contributed by atoms with Gasteiger partial charge in [0.25, 0.3) is 0 Å². The molecule has 0 bridgehead atoms. The van der Waals surface area contributed by atoms with Crippen LogP contribution in [0.4, 0.5) is 13.2 Å². The molecule has 0 saturated carbocycles. The topological polar surface area (TPSA) is 21.3 Å². The average Bonchev–Trinajstić information content (AvgIpc) is 2.29. The highest BCUT2D eigenvalue weighted by molar-refractivity contribution is 5.85. The first-order valence-electron chi connectivity index (χ1n) is 5.07. The molecule has 17 heavy (non-hydrogen) atoms. The molecule has 0 radical (unpaired) electrons. The fourth-order valence-electron chi connectivity index (χ4n) is 1.67. The van der Waals surface area contributed by atoms with Gasteiger partial charge in [-0.25, -0.2) is 0 Å². The van der Waals surface area contributed by atoms with E-state index in [-0.39, 0.29) is 18.5 Å². The molecule has 6 heteroatoms. The third-order valence-corrected chi connectivity index (χ3v) is 2.54. The molecular weight excluding hydrogens is 255 g/mol. The van der Waals surface area contributed by atoms with E-state index in [9.17, 15) is 13.2 Å². The van der Waals surface area contributed by atoms with E-state index in [0.717, 1.165) is 24.2 Å². The predicted molar refractivity (Wildman–Crippen MR) is 60.3 cm³/mol. The Labute approximate surface area is 104 Å². The van der Waals surface area contributed by atoms with Crippen molar-refractivity contribution in [3.05, 3.63) is 35.4 Å². The minimum atomic E-state index is -4.27. The number of ether oxygens (including phenoxy) is 1. The quantitative estimate of drug-likeness (QED) is 0.845. The summed E-state index contributed by atoms with van der Waals surface area (Å²) in [7, 11) is 0. The van der Waals surface area contributed by atoms with Crippen LogP contribution in [-0.4, -0.2) is 19.7 Å². The first-order valence-corrected chi connectivity index (χ1v) is 5.07. The summed E-state index contributed by atoms with van der Waals surface area (Å²) in [4.78, 5) is 0. The van der Waals surface area contributed by atoms with Crippen LogP contribution in [0.3, 0.4) is 0 Å². The van der Waals surface area contributed by atoms with Crippen LogP contribution in [0.5, 0.6) is 0 Å². The highest BCUT2D eigenvalue weighted by Gasteiger charge is 2.30. The molecule has 2 rings (SSSR count). The van der Waals surface area contributed by atoms with Gasteiger partial charge in [-0.15, -0.1) is 12.4 Å². The van der Waals surface area contributed by atoms with E-state index in [2.05, 4.69) is 5.32 Å². The molecule has 1 heterocycles. The smallest absolute Gasteiger partial charge is 0.371 e. The number of morpholine rings is 1. The van der Waals surface area contributed by atoms with Crippen molar-refractivity contribution < 1.29 is 17.9 Å². The summed E-state index contributed by atoms with van der Waals surface area (Å²) in [6, 6.07) is 5.13. The van der Waals surface area contributed by atoms with Gasteiger partial charge in [-0.2, -0.15) is 13.2 Å². The minimum Gasteiger partial charge on any atom is -0.371 e. The molecule has 0 amide bonds. The Hall–Kier alpha value is -0.780. The Bertz CT molecular complexity index is 347. The van der Waals surface area contributed by atoms with Crippen molar-refractivity contribution in [1.82, 2.24) is 5.32 Å². The Morgan fingerprint density at radius 2 is 1.82 bits per heavy atom. The van der Waals surface area contributed by atoms with Gasteiger partial charge in [0.05, 0.1) is 18.3 Å². The molecule has 0 spiro atoms. The van der Waals surface area contributed by atoms with Gasteiger partial charge in [-0.1, -0.05) is 12.1 Å². The zero-order valence-corrected chi connectivity index (χ0v) is 9.77. The molecule has 1 aromatic rings. The van der Waals surface area contributed by atoms with Crippen molar-refractivity contribution >= 4 is 12.4 Å². The van der Waals surface area contributed by atoms with Crippen LogP contribution in [0, 0.1) is 0 Å². The summed E-state index contributed by atoms with van der Waals surface area (Å²) in [5.41, 5.74) is 0.153.